The average Bonchev–Trinajstić information content (AvgIpc) is 2.62. The van der Waals surface area contributed by atoms with E-state index in [2.05, 4.69) is 18.7 Å². The molecule has 3 atom stereocenters. The molecule has 0 amide bonds. The molecule has 0 bridgehead atoms. The summed E-state index contributed by atoms with van der Waals surface area (Å²) in [5, 5.41) is 0. The smallest absolute Gasteiger partial charge is 0.166 e. The van der Waals surface area contributed by atoms with Gasteiger partial charge in [-0.05, 0) is 50.2 Å². The number of nitrogens with two attached hydrogens (primary N) is 1. The molecule has 0 saturated carbocycles. The first-order valence-electron chi connectivity index (χ1n) is 6.31. The van der Waals surface area contributed by atoms with Crippen molar-refractivity contribution >= 4 is 11.8 Å². The van der Waals surface area contributed by atoms with Crippen molar-refractivity contribution in [3.8, 4) is 0 Å². The molecule has 0 aromatic heterocycles. The van der Waals surface area contributed by atoms with Crippen molar-refractivity contribution in [3.05, 3.63) is 0 Å². The monoisotopic (exact) mass is 245 g/mol. The van der Waals surface area contributed by atoms with Crippen LogP contribution in [0.3, 0.4) is 0 Å². The second-order valence-electron chi connectivity index (χ2n) is 5.05. The summed E-state index contributed by atoms with van der Waals surface area (Å²) in [6.07, 6.45) is 4.84. The summed E-state index contributed by atoms with van der Waals surface area (Å²) in [6.45, 7) is 3.49. The highest BCUT2D eigenvalue weighted by Crippen LogP contribution is 2.35. The highest BCUT2D eigenvalue weighted by Gasteiger charge is 2.38. The van der Waals surface area contributed by atoms with E-state index in [4.69, 9.17) is 15.2 Å². The quantitative estimate of drug-likeness (QED) is 0.823. The van der Waals surface area contributed by atoms with Crippen LogP contribution in [0.25, 0.3) is 0 Å². The van der Waals surface area contributed by atoms with Gasteiger partial charge >= 0.3 is 0 Å². The van der Waals surface area contributed by atoms with Crippen LogP contribution < -0.4 is 5.73 Å². The zero-order chi connectivity index (χ0) is 11.4. The summed E-state index contributed by atoms with van der Waals surface area (Å²) in [4.78, 5) is 0. The summed E-state index contributed by atoms with van der Waals surface area (Å²) >= 11 is 2.07. The lowest BCUT2D eigenvalue weighted by Gasteiger charge is -2.30. The lowest BCUT2D eigenvalue weighted by atomic mass is 9.97. The minimum absolute atomic E-state index is 0.214. The van der Waals surface area contributed by atoms with Crippen LogP contribution in [0.2, 0.25) is 0 Å². The molecular weight excluding hydrogens is 222 g/mol. The predicted molar refractivity (Wildman–Crippen MR) is 67.6 cm³/mol. The van der Waals surface area contributed by atoms with E-state index in [0.717, 1.165) is 18.8 Å². The minimum Gasteiger partial charge on any atom is -0.348 e. The molecule has 2 N–H and O–H groups in total. The van der Waals surface area contributed by atoms with Crippen LogP contribution in [-0.2, 0) is 9.47 Å². The molecule has 16 heavy (non-hydrogen) atoms. The van der Waals surface area contributed by atoms with Gasteiger partial charge in [-0.15, -0.1) is 0 Å². The predicted octanol–water partition coefficient (Wildman–Crippen LogP) is 2.00. The Labute approximate surface area is 102 Å². The van der Waals surface area contributed by atoms with Crippen molar-refractivity contribution in [2.24, 2.45) is 11.7 Å². The Kier molecular flexibility index (Phi) is 4.53. The van der Waals surface area contributed by atoms with Gasteiger partial charge in [-0.2, -0.15) is 11.8 Å². The second-order valence-corrected chi connectivity index (χ2v) is 6.20. The fourth-order valence-corrected chi connectivity index (χ4v) is 3.77. The number of rotatable bonds is 4. The molecule has 0 aromatic carbocycles. The molecule has 3 unspecified atom stereocenters. The summed E-state index contributed by atoms with van der Waals surface area (Å²) in [7, 11) is 0. The van der Waals surface area contributed by atoms with Crippen molar-refractivity contribution in [2.45, 2.75) is 44.5 Å². The van der Waals surface area contributed by atoms with Gasteiger partial charge in [-0.1, -0.05) is 0 Å². The highest BCUT2D eigenvalue weighted by molar-refractivity contribution is 7.99. The number of hydrogen-bond acceptors (Lipinski definition) is 4. The lowest BCUT2D eigenvalue weighted by molar-refractivity contribution is -0.165. The largest absolute Gasteiger partial charge is 0.348 e. The Morgan fingerprint density at radius 2 is 2.38 bits per heavy atom. The van der Waals surface area contributed by atoms with Gasteiger partial charge in [-0.3, -0.25) is 0 Å². The third-order valence-corrected chi connectivity index (χ3v) is 4.68. The van der Waals surface area contributed by atoms with Gasteiger partial charge < -0.3 is 15.2 Å². The van der Waals surface area contributed by atoms with E-state index < -0.39 is 0 Å². The van der Waals surface area contributed by atoms with Crippen LogP contribution in [-0.4, -0.2) is 36.5 Å². The van der Waals surface area contributed by atoms with E-state index in [1.165, 1.54) is 24.3 Å². The summed E-state index contributed by atoms with van der Waals surface area (Å²) in [5.74, 6) is 3.01. The van der Waals surface area contributed by atoms with E-state index in [0.29, 0.717) is 13.2 Å². The van der Waals surface area contributed by atoms with Crippen molar-refractivity contribution < 1.29 is 9.47 Å². The first-order chi connectivity index (χ1) is 7.72. The van der Waals surface area contributed by atoms with Crippen LogP contribution >= 0.6 is 11.8 Å². The lowest BCUT2D eigenvalue weighted by Crippen LogP contribution is -2.31. The Bertz CT molecular complexity index is 221. The SMILES string of the molecule is CC1(CC2CCCSC2)OCC(CCN)O1. The maximum Gasteiger partial charge on any atom is 0.166 e. The van der Waals surface area contributed by atoms with E-state index >= 15 is 0 Å². The van der Waals surface area contributed by atoms with Crippen molar-refractivity contribution in [1.29, 1.82) is 0 Å². The van der Waals surface area contributed by atoms with Crippen molar-refractivity contribution in [3.63, 3.8) is 0 Å². The summed E-state index contributed by atoms with van der Waals surface area (Å²) < 4.78 is 11.8. The van der Waals surface area contributed by atoms with Crippen molar-refractivity contribution in [2.75, 3.05) is 24.7 Å². The number of ether oxygens (including phenoxy) is 2. The Morgan fingerprint density at radius 3 is 3.06 bits per heavy atom. The molecule has 0 radical (unpaired) electrons. The zero-order valence-electron chi connectivity index (χ0n) is 10.1. The summed E-state index contributed by atoms with van der Waals surface area (Å²) in [5.41, 5.74) is 5.54. The van der Waals surface area contributed by atoms with Crippen LogP contribution in [0.4, 0.5) is 0 Å². The first kappa shape index (κ1) is 12.7. The fraction of sp³-hybridized carbons (Fsp3) is 1.00. The Morgan fingerprint density at radius 1 is 1.50 bits per heavy atom. The summed E-state index contributed by atoms with van der Waals surface area (Å²) in [6, 6.07) is 0. The minimum atomic E-state index is -0.345. The number of hydrogen-bond donors (Lipinski definition) is 1. The maximum absolute atomic E-state index is 5.98. The first-order valence-corrected chi connectivity index (χ1v) is 7.47. The molecule has 94 valence electrons. The molecule has 0 aliphatic carbocycles. The van der Waals surface area contributed by atoms with Gasteiger partial charge in [0.25, 0.3) is 0 Å². The van der Waals surface area contributed by atoms with Gasteiger partial charge in [0.2, 0.25) is 0 Å². The Hall–Kier alpha value is 0.230. The molecule has 2 aliphatic heterocycles. The normalized spacial score (nSPS) is 40.1. The average molecular weight is 245 g/mol. The van der Waals surface area contributed by atoms with Crippen LogP contribution in [0, 0.1) is 5.92 Å². The Balaban J connectivity index is 1.79. The third kappa shape index (κ3) is 3.36. The maximum atomic E-state index is 5.98. The number of thioether (sulfide) groups is 1. The third-order valence-electron chi connectivity index (χ3n) is 3.39. The van der Waals surface area contributed by atoms with E-state index in [1.807, 2.05) is 0 Å². The molecule has 2 fully saturated rings. The molecule has 0 aromatic rings. The van der Waals surface area contributed by atoms with Crippen LogP contribution in [0.15, 0.2) is 0 Å². The van der Waals surface area contributed by atoms with Crippen LogP contribution in [0.1, 0.15) is 32.6 Å². The van der Waals surface area contributed by atoms with E-state index in [1.54, 1.807) is 0 Å². The molecule has 3 nitrogen and oxygen atoms in total. The molecule has 2 saturated heterocycles. The van der Waals surface area contributed by atoms with Crippen molar-refractivity contribution in [1.82, 2.24) is 0 Å². The second kappa shape index (κ2) is 5.71. The molecule has 4 heteroatoms. The molecular formula is C12H23NO2S. The van der Waals surface area contributed by atoms with Gasteiger partial charge in [0.1, 0.15) is 0 Å². The fourth-order valence-electron chi connectivity index (χ4n) is 2.62. The van der Waals surface area contributed by atoms with Gasteiger partial charge in [0.05, 0.1) is 12.7 Å². The topological polar surface area (TPSA) is 44.5 Å². The molecule has 0 spiro atoms. The standard InChI is InChI=1S/C12H23NO2S/c1-12(7-10-3-2-6-16-9-10)14-8-11(15-12)4-5-13/h10-11H,2-9,13H2,1H3. The highest BCUT2D eigenvalue weighted by atomic mass is 32.2. The van der Waals surface area contributed by atoms with Gasteiger partial charge in [0, 0.05) is 6.42 Å². The van der Waals surface area contributed by atoms with Gasteiger partial charge in [-0.25, -0.2) is 0 Å². The van der Waals surface area contributed by atoms with Gasteiger partial charge in [0.15, 0.2) is 5.79 Å². The van der Waals surface area contributed by atoms with E-state index in [9.17, 15) is 0 Å². The molecule has 2 rings (SSSR count). The van der Waals surface area contributed by atoms with Crippen LogP contribution in [0.5, 0.6) is 0 Å². The molecule has 2 heterocycles. The molecule has 2 aliphatic rings. The van der Waals surface area contributed by atoms with E-state index in [-0.39, 0.29) is 11.9 Å². The zero-order valence-corrected chi connectivity index (χ0v) is 10.9.